The van der Waals surface area contributed by atoms with Gasteiger partial charge < -0.3 is 15.1 Å². The van der Waals surface area contributed by atoms with Gasteiger partial charge in [0.1, 0.15) is 6.04 Å². The highest BCUT2D eigenvalue weighted by Crippen LogP contribution is 2.30. The van der Waals surface area contributed by atoms with Crippen LogP contribution in [0.4, 0.5) is 0 Å². The van der Waals surface area contributed by atoms with Crippen LogP contribution in [0.1, 0.15) is 195 Å². The molecule has 1 aliphatic rings. The highest BCUT2D eigenvalue weighted by atomic mass is 16.2. The Hall–Kier alpha value is -1.10. The molecule has 0 aromatic rings. The number of hydrogen-bond donors (Lipinski definition) is 1. The number of carbonyl (C=O) groups is 2. The molecule has 44 heavy (non-hydrogen) atoms. The number of piperidine rings is 1. The van der Waals surface area contributed by atoms with E-state index in [9.17, 15) is 9.59 Å². The van der Waals surface area contributed by atoms with Crippen molar-refractivity contribution in [2.75, 3.05) is 26.2 Å². The van der Waals surface area contributed by atoms with Gasteiger partial charge >= 0.3 is 0 Å². The smallest absolute Gasteiger partial charge is 0.243 e. The molecular weight excluding hydrogens is 542 g/mol. The molecule has 0 radical (unpaired) electrons. The van der Waals surface area contributed by atoms with Crippen molar-refractivity contribution in [1.82, 2.24) is 15.1 Å². The van der Waals surface area contributed by atoms with Gasteiger partial charge in [-0.05, 0) is 64.1 Å². The van der Waals surface area contributed by atoms with Crippen molar-refractivity contribution >= 4 is 11.8 Å². The van der Waals surface area contributed by atoms with Crippen LogP contribution in [0, 0.1) is 5.92 Å². The molecule has 1 N–H and O–H groups in total. The summed E-state index contributed by atoms with van der Waals surface area (Å²) in [5.74, 6) is 0.640. The summed E-state index contributed by atoms with van der Waals surface area (Å²) in [5.41, 5.74) is 0. The quantitative estimate of drug-likeness (QED) is 0.0848. The molecule has 0 saturated carbocycles. The third-order valence-electron chi connectivity index (χ3n) is 10.1. The molecule has 0 aromatic carbocycles. The number of rotatable bonds is 29. The van der Waals surface area contributed by atoms with E-state index in [-0.39, 0.29) is 29.8 Å². The molecule has 1 aliphatic heterocycles. The summed E-state index contributed by atoms with van der Waals surface area (Å²) in [6.45, 7) is 15.1. The van der Waals surface area contributed by atoms with E-state index in [0.29, 0.717) is 6.42 Å². The third kappa shape index (κ3) is 18.1. The number of carbonyl (C=O) groups excluding carboxylic acids is 2. The Bertz CT molecular complexity index is 662. The fourth-order valence-corrected chi connectivity index (χ4v) is 7.16. The molecule has 1 rings (SSSR count). The molecule has 2 amide bonds. The van der Waals surface area contributed by atoms with Crippen molar-refractivity contribution < 1.29 is 9.59 Å². The fraction of sp³-hybridized carbons (Fsp3) is 0.949. The Morgan fingerprint density at radius 2 is 1.09 bits per heavy atom. The normalized spacial score (nSPS) is 15.1. The van der Waals surface area contributed by atoms with E-state index < -0.39 is 0 Å². The van der Waals surface area contributed by atoms with E-state index in [1.807, 2.05) is 0 Å². The van der Waals surface area contributed by atoms with Gasteiger partial charge in [-0.1, -0.05) is 150 Å². The van der Waals surface area contributed by atoms with Crippen molar-refractivity contribution in [3.63, 3.8) is 0 Å². The van der Waals surface area contributed by atoms with Crippen LogP contribution in [0.25, 0.3) is 0 Å². The SMILES string of the molecule is CCCCCCCCCCC(=O)N(C(CCCCCCC)CCCCCCC)C(C(=O)NCCCC)C1CCN(CC)CC1. The van der Waals surface area contributed by atoms with Crippen molar-refractivity contribution in [3.8, 4) is 0 Å². The lowest BCUT2D eigenvalue weighted by molar-refractivity contribution is -0.147. The number of amides is 2. The Morgan fingerprint density at radius 3 is 1.57 bits per heavy atom. The lowest BCUT2D eigenvalue weighted by Gasteiger charge is -2.44. The van der Waals surface area contributed by atoms with Crippen LogP contribution < -0.4 is 5.32 Å². The lowest BCUT2D eigenvalue weighted by Crippen LogP contribution is -2.58. The van der Waals surface area contributed by atoms with Gasteiger partial charge in [0.25, 0.3) is 0 Å². The first kappa shape index (κ1) is 40.9. The van der Waals surface area contributed by atoms with E-state index in [2.05, 4.69) is 49.7 Å². The average Bonchev–Trinajstić information content (AvgIpc) is 3.04. The molecule has 1 unspecified atom stereocenters. The number of hydrogen-bond acceptors (Lipinski definition) is 3. The summed E-state index contributed by atoms with van der Waals surface area (Å²) >= 11 is 0. The maximum Gasteiger partial charge on any atom is 0.243 e. The van der Waals surface area contributed by atoms with Crippen molar-refractivity contribution in [2.45, 2.75) is 207 Å². The molecule has 260 valence electrons. The minimum atomic E-state index is -0.316. The predicted molar refractivity (Wildman–Crippen MR) is 191 cm³/mol. The fourth-order valence-electron chi connectivity index (χ4n) is 7.16. The largest absolute Gasteiger partial charge is 0.354 e. The summed E-state index contributed by atoms with van der Waals surface area (Å²) in [4.78, 5) is 33.3. The average molecular weight is 620 g/mol. The minimum Gasteiger partial charge on any atom is -0.354 e. The maximum absolute atomic E-state index is 14.4. The number of likely N-dealkylation sites (tertiary alicyclic amines) is 1. The van der Waals surface area contributed by atoms with Crippen LogP contribution in [0.5, 0.6) is 0 Å². The first-order valence-corrected chi connectivity index (χ1v) is 19.8. The highest BCUT2D eigenvalue weighted by molar-refractivity contribution is 5.88. The van der Waals surface area contributed by atoms with Crippen molar-refractivity contribution in [1.29, 1.82) is 0 Å². The van der Waals surface area contributed by atoms with E-state index in [1.165, 1.54) is 103 Å². The maximum atomic E-state index is 14.4. The van der Waals surface area contributed by atoms with Crippen LogP contribution in [0.3, 0.4) is 0 Å². The molecule has 1 fully saturated rings. The Labute approximate surface area is 275 Å². The molecule has 1 atom stereocenters. The Kier molecular flexibility index (Phi) is 26.2. The molecule has 1 saturated heterocycles. The first-order chi connectivity index (χ1) is 21.5. The van der Waals surface area contributed by atoms with Crippen LogP contribution in [-0.2, 0) is 9.59 Å². The number of nitrogens with one attached hydrogen (secondary N) is 1. The van der Waals surface area contributed by atoms with Gasteiger partial charge in [0.15, 0.2) is 0 Å². The molecule has 5 nitrogen and oxygen atoms in total. The molecule has 0 spiro atoms. The van der Waals surface area contributed by atoms with Gasteiger partial charge in [0.05, 0.1) is 0 Å². The van der Waals surface area contributed by atoms with Gasteiger partial charge in [0.2, 0.25) is 11.8 Å². The zero-order valence-corrected chi connectivity index (χ0v) is 30.4. The van der Waals surface area contributed by atoms with E-state index in [0.717, 1.165) is 77.5 Å². The predicted octanol–water partition coefficient (Wildman–Crippen LogP) is 10.5. The standard InChI is InChI=1S/C39H77N3O2/c1-6-11-15-18-19-20-23-26-29-37(43)42(36(27-24-21-16-12-7-2)28-25-22-17-13-8-3)38(39(44)40-32-14-9-4)35-30-33-41(10-5)34-31-35/h35-36,38H,6-34H2,1-5H3,(H,40,44). The highest BCUT2D eigenvalue weighted by Gasteiger charge is 2.40. The first-order valence-electron chi connectivity index (χ1n) is 19.8. The van der Waals surface area contributed by atoms with Crippen LogP contribution in [0.15, 0.2) is 0 Å². The summed E-state index contributed by atoms with van der Waals surface area (Å²) in [6.07, 6.45) is 29.1. The topological polar surface area (TPSA) is 52.7 Å². The van der Waals surface area contributed by atoms with Crippen LogP contribution >= 0.6 is 0 Å². The monoisotopic (exact) mass is 620 g/mol. The third-order valence-corrected chi connectivity index (χ3v) is 10.1. The second-order valence-electron chi connectivity index (χ2n) is 13.9. The zero-order chi connectivity index (χ0) is 32.3. The van der Waals surface area contributed by atoms with Crippen LogP contribution in [-0.4, -0.2) is 59.9 Å². The van der Waals surface area contributed by atoms with Crippen molar-refractivity contribution in [3.05, 3.63) is 0 Å². The minimum absolute atomic E-state index is 0.125. The van der Waals surface area contributed by atoms with E-state index in [1.54, 1.807) is 0 Å². The van der Waals surface area contributed by atoms with Gasteiger partial charge in [-0.3, -0.25) is 9.59 Å². The molecule has 1 heterocycles. The molecule has 0 aromatic heterocycles. The summed E-state index contributed by atoms with van der Waals surface area (Å²) in [5, 5.41) is 3.32. The summed E-state index contributed by atoms with van der Waals surface area (Å²) in [7, 11) is 0. The summed E-state index contributed by atoms with van der Waals surface area (Å²) in [6, 6.07) is -0.130. The van der Waals surface area contributed by atoms with Gasteiger partial charge in [0, 0.05) is 19.0 Å². The van der Waals surface area contributed by atoms with Gasteiger partial charge in [-0.2, -0.15) is 0 Å². The van der Waals surface area contributed by atoms with Crippen molar-refractivity contribution in [2.24, 2.45) is 5.92 Å². The van der Waals surface area contributed by atoms with Gasteiger partial charge in [-0.15, -0.1) is 0 Å². The summed E-state index contributed by atoms with van der Waals surface area (Å²) < 4.78 is 0. The molecule has 0 bridgehead atoms. The van der Waals surface area contributed by atoms with Crippen LogP contribution in [0.2, 0.25) is 0 Å². The molecule has 0 aliphatic carbocycles. The second kappa shape index (κ2) is 28.1. The number of nitrogens with zero attached hydrogens (tertiary/aromatic N) is 2. The second-order valence-corrected chi connectivity index (χ2v) is 13.9. The Balaban J connectivity index is 3.19. The Morgan fingerprint density at radius 1 is 0.636 bits per heavy atom. The number of unbranched alkanes of at least 4 members (excludes halogenated alkanes) is 16. The zero-order valence-electron chi connectivity index (χ0n) is 30.4. The molecule has 5 heteroatoms. The lowest BCUT2D eigenvalue weighted by atomic mass is 9.85. The van der Waals surface area contributed by atoms with E-state index in [4.69, 9.17) is 0 Å². The molecular formula is C39H77N3O2. The van der Waals surface area contributed by atoms with E-state index >= 15 is 0 Å². The van der Waals surface area contributed by atoms with Gasteiger partial charge in [-0.25, -0.2) is 0 Å².